The number of aromatic nitrogens is 1. The maximum atomic E-state index is 11.8. The molecule has 3 nitrogen and oxygen atoms in total. The van der Waals surface area contributed by atoms with E-state index < -0.39 is 12.6 Å². The molecule has 0 fully saturated rings. The molecule has 0 unspecified atom stereocenters. The molecule has 0 aromatic carbocycles. The Morgan fingerprint density at radius 3 is 2.81 bits per heavy atom. The first-order valence-corrected chi connectivity index (χ1v) is 4.57. The van der Waals surface area contributed by atoms with Crippen LogP contribution in [-0.2, 0) is 0 Å². The lowest BCUT2D eigenvalue weighted by Crippen LogP contribution is -2.10. The first-order chi connectivity index (χ1) is 7.51. The molecule has 0 aliphatic heterocycles. The summed E-state index contributed by atoms with van der Waals surface area (Å²) in [5, 5.41) is 8.56. The zero-order valence-corrected chi connectivity index (χ0v) is 8.29. The summed E-state index contributed by atoms with van der Waals surface area (Å²) in [5.41, 5.74) is 0.362. The van der Waals surface area contributed by atoms with E-state index in [1.165, 1.54) is 18.3 Å². The van der Waals surface area contributed by atoms with E-state index in [4.69, 9.17) is 10.00 Å². The van der Waals surface area contributed by atoms with Crippen molar-refractivity contribution in [2.24, 2.45) is 0 Å². The van der Waals surface area contributed by atoms with E-state index in [1.807, 2.05) is 6.07 Å². The highest BCUT2D eigenvalue weighted by Crippen LogP contribution is 2.21. The zero-order chi connectivity index (χ0) is 12.0. The molecule has 0 spiro atoms. The average Bonchev–Trinajstić information content (AvgIpc) is 2.23. The van der Waals surface area contributed by atoms with Crippen LogP contribution in [0.5, 0.6) is 5.88 Å². The van der Waals surface area contributed by atoms with Crippen LogP contribution < -0.4 is 4.74 Å². The van der Waals surface area contributed by atoms with Gasteiger partial charge in [0, 0.05) is 18.7 Å². The van der Waals surface area contributed by atoms with Crippen LogP contribution in [0.3, 0.4) is 0 Å². The van der Waals surface area contributed by atoms with Crippen molar-refractivity contribution in [3.63, 3.8) is 0 Å². The predicted molar refractivity (Wildman–Crippen MR) is 49.7 cm³/mol. The van der Waals surface area contributed by atoms with Gasteiger partial charge in [-0.05, 0) is 12.5 Å². The number of nitriles is 1. The Kier molecular flexibility index (Phi) is 4.11. The maximum Gasteiger partial charge on any atom is 0.389 e. The maximum absolute atomic E-state index is 11.8. The molecule has 1 heterocycles. The quantitative estimate of drug-likeness (QED) is 0.747. The highest BCUT2D eigenvalue weighted by atomic mass is 19.4. The lowest BCUT2D eigenvalue weighted by atomic mass is 10.3. The van der Waals surface area contributed by atoms with E-state index >= 15 is 0 Å². The van der Waals surface area contributed by atoms with Crippen molar-refractivity contribution in [2.75, 3.05) is 6.61 Å². The van der Waals surface area contributed by atoms with Crippen molar-refractivity contribution in [2.45, 2.75) is 19.0 Å². The molecule has 86 valence electrons. The van der Waals surface area contributed by atoms with Crippen molar-refractivity contribution in [1.82, 2.24) is 4.98 Å². The normalized spacial score (nSPS) is 10.9. The molecule has 6 heteroatoms. The van der Waals surface area contributed by atoms with Crippen LogP contribution in [0.25, 0.3) is 0 Å². The lowest BCUT2D eigenvalue weighted by Gasteiger charge is -2.07. The fraction of sp³-hybridized carbons (Fsp3) is 0.400. The van der Waals surface area contributed by atoms with Gasteiger partial charge in [0.05, 0.1) is 18.2 Å². The molecule has 0 amide bonds. The summed E-state index contributed by atoms with van der Waals surface area (Å²) in [6.45, 7) is -0.0681. The molecule has 16 heavy (non-hydrogen) atoms. The molecule has 1 aromatic rings. The van der Waals surface area contributed by atoms with E-state index in [-0.39, 0.29) is 18.9 Å². The molecule has 0 aliphatic rings. The Labute approximate surface area is 90.5 Å². The van der Waals surface area contributed by atoms with Crippen LogP contribution in [0.15, 0.2) is 18.3 Å². The monoisotopic (exact) mass is 230 g/mol. The highest BCUT2D eigenvalue weighted by Gasteiger charge is 2.26. The number of hydrogen-bond acceptors (Lipinski definition) is 3. The summed E-state index contributed by atoms with van der Waals surface area (Å²) in [6, 6.07) is 4.75. The van der Waals surface area contributed by atoms with Crippen LogP contribution in [0.1, 0.15) is 18.4 Å². The van der Waals surface area contributed by atoms with Crippen LogP contribution in [0, 0.1) is 11.3 Å². The summed E-state index contributed by atoms with van der Waals surface area (Å²) in [4.78, 5) is 3.77. The minimum Gasteiger partial charge on any atom is -0.478 e. The van der Waals surface area contributed by atoms with Crippen molar-refractivity contribution < 1.29 is 17.9 Å². The number of ether oxygens (including phenoxy) is 1. The average molecular weight is 230 g/mol. The molecular formula is C10H9F3N2O. The largest absolute Gasteiger partial charge is 0.478 e. The minimum absolute atomic E-state index is 0.0681. The fourth-order valence-corrected chi connectivity index (χ4v) is 1.01. The predicted octanol–water partition coefficient (Wildman–Crippen LogP) is 2.67. The molecule has 0 radical (unpaired) electrons. The second kappa shape index (κ2) is 5.35. The van der Waals surface area contributed by atoms with Crippen molar-refractivity contribution in [3.8, 4) is 11.9 Å². The summed E-state index contributed by atoms with van der Waals surface area (Å²) < 4.78 is 40.3. The number of nitrogens with zero attached hydrogens (tertiary/aromatic N) is 2. The highest BCUT2D eigenvalue weighted by molar-refractivity contribution is 5.31. The van der Waals surface area contributed by atoms with E-state index in [0.717, 1.165) is 0 Å². The zero-order valence-electron chi connectivity index (χ0n) is 8.29. The number of halogens is 3. The van der Waals surface area contributed by atoms with Gasteiger partial charge in [-0.15, -0.1) is 0 Å². The van der Waals surface area contributed by atoms with Gasteiger partial charge in [0.15, 0.2) is 0 Å². The van der Waals surface area contributed by atoms with Crippen LogP contribution in [-0.4, -0.2) is 17.8 Å². The fourth-order valence-electron chi connectivity index (χ4n) is 1.01. The van der Waals surface area contributed by atoms with Gasteiger partial charge >= 0.3 is 6.18 Å². The molecule has 0 atom stereocenters. The minimum atomic E-state index is -4.16. The number of pyridine rings is 1. The Bertz CT molecular complexity index is 384. The van der Waals surface area contributed by atoms with Crippen molar-refractivity contribution in [1.29, 1.82) is 5.26 Å². The van der Waals surface area contributed by atoms with Gasteiger partial charge in [-0.25, -0.2) is 4.98 Å². The smallest absolute Gasteiger partial charge is 0.389 e. The first kappa shape index (κ1) is 12.3. The summed E-state index contributed by atoms with van der Waals surface area (Å²) >= 11 is 0. The molecule has 0 saturated carbocycles. The number of rotatable bonds is 4. The Morgan fingerprint density at radius 1 is 1.44 bits per heavy atom. The summed E-state index contributed by atoms with van der Waals surface area (Å²) in [6.07, 6.45) is -3.80. The molecule has 0 aliphatic carbocycles. The molecule has 0 saturated heterocycles. The third kappa shape index (κ3) is 4.64. The van der Waals surface area contributed by atoms with Crippen LogP contribution in [0.4, 0.5) is 13.2 Å². The van der Waals surface area contributed by atoms with Gasteiger partial charge in [0.25, 0.3) is 0 Å². The Hall–Kier alpha value is -1.77. The molecule has 0 bridgehead atoms. The van der Waals surface area contributed by atoms with E-state index in [1.54, 1.807) is 0 Å². The topological polar surface area (TPSA) is 45.9 Å². The van der Waals surface area contributed by atoms with Gasteiger partial charge in [0.2, 0.25) is 5.88 Å². The van der Waals surface area contributed by atoms with Crippen LogP contribution >= 0.6 is 0 Å². The molecular weight excluding hydrogens is 221 g/mol. The van der Waals surface area contributed by atoms with E-state index in [2.05, 4.69) is 4.98 Å². The van der Waals surface area contributed by atoms with Gasteiger partial charge in [-0.1, -0.05) is 0 Å². The SMILES string of the molecule is N#Cc1ccnc(OCCCC(F)(F)F)c1. The van der Waals surface area contributed by atoms with Gasteiger partial charge in [-0.2, -0.15) is 18.4 Å². The third-order valence-electron chi connectivity index (χ3n) is 1.72. The second-order valence-corrected chi connectivity index (χ2v) is 3.06. The second-order valence-electron chi connectivity index (χ2n) is 3.06. The van der Waals surface area contributed by atoms with Gasteiger partial charge < -0.3 is 4.74 Å². The van der Waals surface area contributed by atoms with Gasteiger partial charge in [0.1, 0.15) is 0 Å². The van der Waals surface area contributed by atoms with Gasteiger partial charge in [-0.3, -0.25) is 0 Å². The Balaban J connectivity index is 2.35. The molecule has 0 N–H and O–H groups in total. The standard InChI is InChI=1S/C10H9F3N2O/c11-10(12,13)3-1-5-16-9-6-8(7-14)2-4-15-9/h2,4,6H,1,3,5H2. The van der Waals surface area contributed by atoms with E-state index in [9.17, 15) is 13.2 Å². The molecule has 1 rings (SSSR count). The lowest BCUT2D eigenvalue weighted by molar-refractivity contribution is -0.136. The van der Waals surface area contributed by atoms with Crippen molar-refractivity contribution >= 4 is 0 Å². The van der Waals surface area contributed by atoms with E-state index in [0.29, 0.717) is 5.56 Å². The Morgan fingerprint density at radius 2 is 2.19 bits per heavy atom. The van der Waals surface area contributed by atoms with Crippen LogP contribution in [0.2, 0.25) is 0 Å². The van der Waals surface area contributed by atoms with Crippen molar-refractivity contribution in [3.05, 3.63) is 23.9 Å². The number of hydrogen-bond donors (Lipinski definition) is 0. The number of alkyl halides is 3. The molecule has 1 aromatic heterocycles. The first-order valence-electron chi connectivity index (χ1n) is 4.57. The summed E-state index contributed by atoms with van der Waals surface area (Å²) in [5.74, 6) is 0.168. The third-order valence-corrected chi connectivity index (χ3v) is 1.72. The summed E-state index contributed by atoms with van der Waals surface area (Å²) in [7, 11) is 0.